The van der Waals surface area contributed by atoms with Gasteiger partial charge in [0.15, 0.2) is 0 Å². The van der Waals surface area contributed by atoms with Crippen LogP contribution in [0.1, 0.15) is 20.7 Å². The van der Waals surface area contributed by atoms with Gasteiger partial charge in [-0.2, -0.15) is 0 Å². The Labute approximate surface area is 101 Å². The number of hydrogen-bond acceptors (Lipinski definition) is 2. The lowest BCUT2D eigenvalue weighted by molar-refractivity contribution is 0.104. The number of carbonyl (C=O) groups is 2. The molecule has 82 valence electrons. The zero-order chi connectivity index (χ0) is 12.1. The minimum Gasteiger partial charge on any atom is -0.306 e. The fourth-order valence-corrected chi connectivity index (χ4v) is 1.60. The monoisotopic (exact) mass is 222 g/mol. The molecule has 0 atom stereocenters. The Bertz CT molecular complexity index is 471. The average Bonchev–Trinajstić information content (AvgIpc) is 2.40. The van der Waals surface area contributed by atoms with Gasteiger partial charge in [-0.05, 0) is 0 Å². The first kappa shape index (κ1) is 11.3. The van der Waals surface area contributed by atoms with E-state index in [0.29, 0.717) is 11.1 Å². The van der Waals surface area contributed by atoms with Crippen molar-refractivity contribution >= 4 is 18.6 Å². The van der Waals surface area contributed by atoms with Crippen molar-refractivity contribution in [2.75, 3.05) is 0 Å². The molecule has 0 spiro atoms. The van der Waals surface area contributed by atoms with E-state index in [1.54, 1.807) is 48.5 Å². The molecule has 17 heavy (non-hydrogen) atoms. The van der Waals surface area contributed by atoms with Gasteiger partial charge in [-0.25, -0.2) is 0 Å². The highest BCUT2D eigenvalue weighted by Gasteiger charge is 2.15. The molecule has 0 saturated heterocycles. The fourth-order valence-electron chi connectivity index (χ4n) is 1.60. The number of hydrogen-bond donors (Lipinski definition) is 0. The fraction of sp³-hybridized carbons (Fsp3) is 0. The normalized spacial score (nSPS) is 9.65. The summed E-state index contributed by atoms with van der Waals surface area (Å²) in [6.07, 6.45) is 0. The van der Waals surface area contributed by atoms with Gasteiger partial charge in [0.1, 0.15) is 11.4 Å². The van der Waals surface area contributed by atoms with Crippen LogP contribution in [0.3, 0.4) is 0 Å². The first-order valence-corrected chi connectivity index (χ1v) is 5.44. The van der Waals surface area contributed by atoms with Crippen LogP contribution in [-0.4, -0.2) is 18.6 Å². The largest absolute Gasteiger partial charge is 0.306 e. The molecule has 2 aromatic rings. The zero-order valence-electron chi connectivity index (χ0n) is 9.30. The van der Waals surface area contributed by atoms with Crippen LogP contribution < -0.4 is 0 Å². The SMILES string of the molecule is O=C(BC(=O)c1ccccc1)c1ccccc1. The molecule has 0 aromatic heterocycles. The van der Waals surface area contributed by atoms with Gasteiger partial charge in [0.2, 0.25) is 0 Å². The van der Waals surface area contributed by atoms with Gasteiger partial charge in [0, 0.05) is 11.1 Å². The molecule has 0 aliphatic carbocycles. The van der Waals surface area contributed by atoms with Crippen molar-refractivity contribution in [1.29, 1.82) is 0 Å². The van der Waals surface area contributed by atoms with Crippen LogP contribution in [0.4, 0.5) is 0 Å². The Hall–Kier alpha value is -2.16. The molecule has 3 heteroatoms. The van der Waals surface area contributed by atoms with Crippen molar-refractivity contribution in [3.8, 4) is 0 Å². The van der Waals surface area contributed by atoms with Gasteiger partial charge in [0.25, 0.3) is 7.28 Å². The summed E-state index contributed by atoms with van der Waals surface area (Å²) in [6.45, 7) is 0. The van der Waals surface area contributed by atoms with Crippen molar-refractivity contribution in [2.24, 2.45) is 0 Å². The van der Waals surface area contributed by atoms with E-state index in [2.05, 4.69) is 0 Å². The molecule has 0 bridgehead atoms. The second-order valence-electron chi connectivity index (χ2n) is 3.76. The molecule has 0 aliphatic heterocycles. The van der Waals surface area contributed by atoms with E-state index >= 15 is 0 Å². The van der Waals surface area contributed by atoms with E-state index in [1.807, 2.05) is 12.1 Å². The Morgan fingerprint density at radius 3 is 1.35 bits per heavy atom. The maximum atomic E-state index is 11.8. The minimum atomic E-state index is -0.139. The van der Waals surface area contributed by atoms with E-state index in [0.717, 1.165) is 0 Å². The Morgan fingerprint density at radius 2 is 1.00 bits per heavy atom. The van der Waals surface area contributed by atoms with Crippen LogP contribution in [0.25, 0.3) is 0 Å². The highest BCUT2D eigenvalue weighted by atomic mass is 16.1. The van der Waals surface area contributed by atoms with Crippen molar-refractivity contribution in [2.45, 2.75) is 0 Å². The van der Waals surface area contributed by atoms with E-state index in [1.165, 1.54) is 0 Å². The summed E-state index contributed by atoms with van der Waals surface area (Å²) >= 11 is 0. The van der Waals surface area contributed by atoms with Crippen LogP contribution in [-0.2, 0) is 0 Å². The molecular formula is C14H11BO2. The van der Waals surface area contributed by atoms with Gasteiger partial charge >= 0.3 is 0 Å². The topological polar surface area (TPSA) is 34.1 Å². The number of rotatable bonds is 4. The highest BCUT2D eigenvalue weighted by Crippen LogP contribution is 2.03. The minimum absolute atomic E-state index is 0.0754. The third-order valence-corrected chi connectivity index (χ3v) is 2.51. The van der Waals surface area contributed by atoms with Crippen molar-refractivity contribution in [3.63, 3.8) is 0 Å². The Kier molecular flexibility index (Phi) is 3.50. The molecule has 0 heterocycles. The quantitative estimate of drug-likeness (QED) is 0.742. The van der Waals surface area contributed by atoms with E-state index < -0.39 is 0 Å². The summed E-state index contributed by atoms with van der Waals surface area (Å²) in [5, 5.41) is 0. The molecule has 2 aromatic carbocycles. The average molecular weight is 222 g/mol. The van der Waals surface area contributed by atoms with Crippen molar-refractivity contribution in [1.82, 2.24) is 0 Å². The first-order valence-electron chi connectivity index (χ1n) is 5.44. The summed E-state index contributed by atoms with van der Waals surface area (Å²) < 4.78 is 0. The van der Waals surface area contributed by atoms with Crippen LogP contribution >= 0.6 is 0 Å². The van der Waals surface area contributed by atoms with E-state index in [9.17, 15) is 9.59 Å². The number of carbonyl (C=O) groups excluding carboxylic acids is 2. The lowest BCUT2D eigenvalue weighted by Crippen LogP contribution is -2.20. The molecule has 0 saturated carbocycles. The molecule has 0 fully saturated rings. The Morgan fingerprint density at radius 1 is 0.647 bits per heavy atom. The van der Waals surface area contributed by atoms with Gasteiger partial charge in [-0.1, -0.05) is 60.7 Å². The van der Waals surface area contributed by atoms with Gasteiger partial charge in [-0.15, -0.1) is 0 Å². The summed E-state index contributed by atoms with van der Waals surface area (Å²) in [6, 6.07) is 17.7. The predicted octanol–water partition coefficient (Wildman–Crippen LogP) is 2.10. The molecule has 0 aliphatic rings. The van der Waals surface area contributed by atoms with Crippen LogP contribution in [0, 0.1) is 0 Å². The van der Waals surface area contributed by atoms with E-state index in [4.69, 9.17) is 0 Å². The second kappa shape index (κ2) is 5.26. The smallest absolute Gasteiger partial charge is 0.298 e. The van der Waals surface area contributed by atoms with E-state index in [-0.39, 0.29) is 18.6 Å². The zero-order valence-corrected chi connectivity index (χ0v) is 9.30. The maximum absolute atomic E-state index is 11.8. The second-order valence-corrected chi connectivity index (χ2v) is 3.76. The summed E-state index contributed by atoms with van der Waals surface area (Å²) in [4.78, 5) is 23.6. The summed E-state index contributed by atoms with van der Waals surface area (Å²) in [5.41, 5.74) is 0.882. The van der Waals surface area contributed by atoms with Gasteiger partial charge in [-0.3, -0.25) is 0 Å². The van der Waals surface area contributed by atoms with Gasteiger partial charge in [0.05, 0.1) is 0 Å². The molecule has 0 radical (unpaired) electrons. The standard InChI is InChI=1S/C14H11BO2/c16-13(11-7-3-1-4-8-11)15-14(17)12-9-5-2-6-10-12/h1-10,15H. The molecule has 0 amide bonds. The van der Waals surface area contributed by atoms with Crippen LogP contribution in [0.2, 0.25) is 0 Å². The third kappa shape index (κ3) is 2.91. The third-order valence-electron chi connectivity index (χ3n) is 2.51. The Balaban J connectivity index is 2.08. The first-order chi connectivity index (χ1) is 8.27. The lowest BCUT2D eigenvalue weighted by atomic mass is 9.64. The molecule has 2 nitrogen and oxygen atoms in total. The van der Waals surface area contributed by atoms with Crippen molar-refractivity contribution < 1.29 is 9.59 Å². The summed E-state index contributed by atoms with van der Waals surface area (Å²) in [7, 11) is -0.0754. The summed E-state index contributed by atoms with van der Waals surface area (Å²) in [5.74, 6) is 0. The van der Waals surface area contributed by atoms with Gasteiger partial charge < -0.3 is 9.59 Å². The lowest BCUT2D eigenvalue weighted by Gasteiger charge is -1.99. The molecule has 2 rings (SSSR count). The predicted molar refractivity (Wildman–Crippen MR) is 68.7 cm³/mol. The maximum Gasteiger partial charge on any atom is 0.298 e. The van der Waals surface area contributed by atoms with Crippen LogP contribution in [0.5, 0.6) is 0 Å². The van der Waals surface area contributed by atoms with Crippen LogP contribution in [0.15, 0.2) is 60.7 Å². The molecule has 0 N–H and O–H groups in total. The van der Waals surface area contributed by atoms with Crippen molar-refractivity contribution in [3.05, 3.63) is 71.8 Å². The number of benzene rings is 2. The highest BCUT2D eigenvalue weighted by molar-refractivity contribution is 7.01. The molecule has 0 unspecified atom stereocenters. The molecular weight excluding hydrogens is 211 g/mol.